The lowest BCUT2D eigenvalue weighted by Crippen LogP contribution is -2.54. The van der Waals surface area contributed by atoms with Crippen LogP contribution < -0.4 is 15.8 Å². The number of hydrogen-bond donors (Lipinski definition) is 2. The van der Waals surface area contributed by atoms with E-state index in [1.165, 1.54) is 0 Å². The van der Waals surface area contributed by atoms with Crippen molar-refractivity contribution in [2.45, 2.75) is 6.54 Å². The van der Waals surface area contributed by atoms with Crippen LogP contribution in [0.2, 0.25) is 0 Å². The third kappa shape index (κ3) is 5.30. The number of nitrogens with zero attached hydrogens (tertiary/aromatic N) is 6. The first-order valence-electron chi connectivity index (χ1n) is 10.4. The highest BCUT2D eigenvalue weighted by Crippen LogP contribution is 2.25. The summed E-state index contributed by atoms with van der Waals surface area (Å²) in [4.78, 5) is 31.6. The van der Waals surface area contributed by atoms with Crippen LogP contribution >= 0.6 is 0 Å². The van der Waals surface area contributed by atoms with Crippen LogP contribution in [0.4, 0.5) is 22.4 Å². The second-order valence-corrected chi connectivity index (χ2v) is 7.40. The van der Waals surface area contributed by atoms with Crippen molar-refractivity contribution in [3.8, 4) is 5.75 Å². The lowest BCUT2D eigenvalue weighted by molar-refractivity contribution is 0.0371. The molecule has 1 aromatic carbocycles. The number of anilines is 3. The molecule has 31 heavy (non-hydrogen) atoms. The van der Waals surface area contributed by atoms with Gasteiger partial charge in [-0.15, -0.1) is 0 Å². The number of rotatable bonds is 5. The normalized spacial score (nSPS) is 17.5. The van der Waals surface area contributed by atoms with E-state index in [0.29, 0.717) is 63.5 Å². The summed E-state index contributed by atoms with van der Waals surface area (Å²) in [5.74, 6) is 1.79. The van der Waals surface area contributed by atoms with Crippen molar-refractivity contribution in [2.24, 2.45) is 0 Å². The SMILES string of the molecule is COc1ccccc1Nc1nc(N)nc(CN2CCN(C(=O)N3CCOCC3)CC2)n1. The molecule has 3 heterocycles. The molecule has 2 saturated heterocycles. The van der Waals surface area contributed by atoms with Gasteiger partial charge in [-0.05, 0) is 12.1 Å². The maximum absolute atomic E-state index is 12.6. The molecule has 0 aliphatic carbocycles. The first kappa shape index (κ1) is 21.1. The molecule has 0 bridgehead atoms. The lowest BCUT2D eigenvalue weighted by Gasteiger charge is -2.38. The number of urea groups is 1. The predicted octanol–water partition coefficient (Wildman–Crippen LogP) is 0.776. The Labute approximate surface area is 181 Å². The molecular formula is C20H28N8O3. The quantitative estimate of drug-likeness (QED) is 0.711. The Balaban J connectivity index is 1.35. The van der Waals surface area contributed by atoms with Crippen molar-refractivity contribution in [2.75, 3.05) is 70.6 Å². The first-order valence-corrected chi connectivity index (χ1v) is 10.4. The molecule has 0 unspecified atom stereocenters. The van der Waals surface area contributed by atoms with Crippen molar-refractivity contribution in [1.82, 2.24) is 29.7 Å². The van der Waals surface area contributed by atoms with E-state index in [0.717, 1.165) is 18.8 Å². The van der Waals surface area contributed by atoms with E-state index in [1.807, 2.05) is 34.1 Å². The molecule has 11 heteroatoms. The van der Waals surface area contributed by atoms with Gasteiger partial charge < -0.3 is 30.3 Å². The summed E-state index contributed by atoms with van der Waals surface area (Å²) in [6.45, 7) is 5.90. The average molecular weight is 428 g/mol. The molecule has 2 aromatic rings. The number of amides is 2. The Bertz CT molecular complexity index is 898. The Morgan fingerprint density at radius 1 is 1.06 bits per heavy atom. The monoisotopic (exact) mass is 428 g/mol. The van der Waals surface area contributed by atoms with Crippen LogP contribution in [0.5, 0.6) is 5.75 Å². The van der Waals surface area contributed by atoms with Crippen molar-refractivity contribution >= 4 is 23.6 Å². The number of methoxy groups -OCH3 is 1. The zero-order valence-electron chi connectivity index (χ0n) is 17.7. The van der Waals surface area contributed by atoms with Gasteiger partial charge in [0.15, 0.2) is 0 Å². The number of nitrogen functional groups attached to an aromatic ring is 1. The van der Waals surface area contributed by atoms with Crippen molar-refractivity contribution < 1.29 is 14.3 Å². The number of para-hydroxylation sites is 2. The van der Waals surface area contributed by atoms with Gasteiger partial charge in [-0.2, -0.15) is 15.0 Å². The minimum absolute atomic E-state index is 0.0932. The average Bonchev–Trinajstić information content (AvgIpc) is 2.80. The van der Waals surface area contributed by atoms with E-state index in [9.17, 15) is 4.79 Å². The number of morpholine rings is 1. The Morgan fingerprint density at radius 3 is 2.52 bits per heavy atom. The molecule has 2 aliphatic rings. The minimum Gasteiger partial charge on any atom is -0.495 e. The van der Waals surface area contributed by atoms with Crippen molar-refractivity contribution in [3.63, 3.8) is 0 Å². The van der Waals surface area contributed by atoms with Crippen LogP contribution in [-0.4, -0.2) is 95.3 Å². The Kier molecular flexibility index (Phi) is 6.63. The van der Waals surface area contributed by atoms with E-state index in [1.54, 1.807) is 7.11 Å². The third-order valence-electron chi connectivity index (χ3n) is 5.34. The van der Waals surface area contributed by atoms with Crippen LogP contribution in [0.1, 0.15) is 5.82 Å². The standard InChI is InChI=1S/C20H28N8O3/c1-30-16-5-3-2-4-15(16)22-19-24-17(23-18(21)25-19)14-26-6-8-27(9-7-26)20(29)28-10-12-31-13-11-28/h2-5H,6-14H2,1H3,(H3,21,22,23,24,25). The van der Waals surface area contributed by atoms with Crippen LogP contribution in [0, 0.1) is 0 Å². The molecule has 2 fully saturated rings. The fourth-order valence-electron chi connectivity index (χ4n) is 3.68. The number of nitrogens with one attached hydrogen (secondary N) is 1. The summed E-state index contributed by atoms with van der Waals surface area (Å²) in [6.07, 6.45) is 0. The molecule has 166 valence electrons. The second-order valence-electron chi connectivity index (χ2n) is 7.40. The fourth-order valence-corrected chi connectivity index (χ4v) is 3.68. The number of piperazine rings is 1. The highest BCUT2D eigenvalue weighted by molar-refractivity contribution is 5.74. The molecule has 1 aromatic heterocycles. The fraction of sp³-hybridized carbons (Fsp3) is 0.500. The summed E-state index contributed by atoms with van der Waals surface area (Å²) in [7, 11) is 1.61. The van der Waals surface area contributed by atoms with Gasteiger partial charge in [0, 0.05) is 39.3 Å². The van der Waals surface area contributed by atoms with E-state index in [4.69, 9.17) is 15.2 Å². The van der Waals surface area contributed by atoms with Crippen molar-refractivity contribution in [3.05, 3.63) is 30.1 Å². The third-order valence-corrected chi connectivity index (χ3v) is 5.34. The molecule has 2 aliphatic heterocycles. The highest BCUT2D eigenvalue weighted by atomic mass is 16.5. The molecule has 0 radical (unpaired) electrons. The number of ether oxygens (including phenoxy) is 2. The van der Waals surface area contributed by atoms with Gasteiger partial charge in [0.1, 0.15) is 11.6 Å². The van der Waals surface area contributed by atoms with E-state index >= 15 is 0 Å². The lowest BCUT2D eigenvalue weighted by atomic mass is 10.3. The zero-order chi connectivity index (χ0) is 21.6. The maximum atomic E-state index is 12.6. The topological polar surface area (TPSA) is 122 Å². The number of hydrogen-bond acceptors (Lipinski definition) is 9. The highest BCUT2D eigenvalue weighted by Gasteiger charge is 2.26. The predicted molar refractivity (Wildman–Crippen MR) is 115 cm³/mol. The molecule has 0 atom stereocenters. The molecular weight excluding hydrogens is 400 g/mol. The zero-order valence-corrected chi connectivity index (χ0v) is 17.7. The molecule has 0 spiro atoms. The second kappa shape index (κ2) is 9.75. The van der Waals surface area contributed by atoms with E-state index < -0.39 is 0 Å². The van der Waals surface area contributed by atoms with Crippen LogP contribution in [0.25, 0.3) is 0 Å². The summed E-state index contributed by atoms with van der Waals surface area (Å²) >= 11 is 0. The number of carbonyl (C=O) groups excluding carboxylic acids is 1. The summed E-state index contributed by atoms with van der Waals surface area (Å²) in [6, 6.07) is 7.61. The van der Waals surface area contributed by atoms with Gasteiger partial charge >= 0.3 is 6.03 Å². The van der Waals surface area contributed by atoms with Gasteiger partial charge in [0.25, 0.3) is 0 Å². The summed E-state index contributed by atoms with van der Waals surface area (Å²) in [5, 5.41) is 3.15. The first-order chi connectivity index (χ1) is 15.1. The summed E-state index contributed by atoms with van der Waals surface area (Å²) < 4.78 is 10.7. The minimum atomic E-state index is 0.0932. The van der Waals surface area contributed by atoms with Gasteiger partial charge in [-0.25, -0.2) is 4.79 Å². The number of carbonyl (C=O) groups is 1. The number of aromatic nitrogens is 3. The molecule has 11 nitrogen and oxygen atoms in total. The largest absolute Gasteiger partial charge is 0.495 e. The van der Waals surface area contributed by atoms with Gasteiger partial charge in [-0.1, -0.05) is 12.1 Å². The van der Waals surface area contributed by atoms with Gasteiger partial charge in [0.05, 0.1) is 32.6 Å². The summed E-state index contributed by atoms with van der Waals surface area (Å²) in [5.41, 5.74) is 6.66. The Hall–Kier alpha value is -3.18. The number of benzene rings is 1. The van der Waals surface area contributed by atoms with Gasteiger partial charge in [0.2, 0.25) is 11.9 Å². The van der Waals surface area contributed by atoms with Crippen LogP contribution in [-0.2, 0) is 11.3 Å². The number of nitrogens with two attached hydrogens (primary N) is 1. The van der Waals surface area contributed by atoms with Crippen LogP contribution in [0.3, 0.4) is 0 Å². The van der Waals surface area contributed by atoms with E-state index in [-0.39, 0.29) is 12.0 Å². The smallest absolute Gasteiger partial charge is 0.320 e. The van der Waals surface area contributed by atoms with Crippen LogP contribution in [0.15, 0.2) is 24.3 Å². The van der Waals surface area contributed by atoms with E-state index in [2.05, 4.69) is 25.2 Å². The molecule has 2 amide bonds. The van der Waals surface area contributed by atoms with Gasteiger partial charge in [-0.3, -0.25) is 4.90 Å². The molecule has 4 rings (SSSR count). The molecule has 0 saturated carbocycles. The maximum Gasteiger partial charge on any atom is 0.320 e. The van der Waals surface area contributed by atoms with Crippen molar-refractivity contribution in [1.29, 1.82) is 0 Å². The molecule has 3 N–H and O–H groups in total. The Morgan fingerprint density at radius 2 is 1.77 bits per heavy atom.